The molecule has 0 saturated heterocycles. The largest absolute Gasteiger partial charge is 0.352 e. The highest BCUT2D eigenvalue weighted by molar-refractivity contribution is 9.10. The van der Waals surface area contributed by atoms with E-state index < -0.39 is 5.82 Å². The van der Waals surface area contributed by atoms with E-state index in [1.165, 1.54) is 25.3 Å². The third-order valence-electron chi connectivity index (χ3n) is 2.97. The van der Waals surface area contributed by atoms with Crippen molar-refractivity contribution in [3.05, 3.63) is 34.1 Å². The number of amides is 1. The van der Waals surface area contributed by atoms with E-state index in [2.05, 4.69) is 21.2 Å². The van der Waals surface area contributed by atoms with Gasteiger partial charge in [-0.05, 0) is 46.8 Å². The Kier molecular flexibility index (Phi) is 3.59. The van der Waals surface area contributed by atoms with Crippen LogP contribution in [-0.2, 0) is 0 Å². The van der Waals surface area contributed by atoms with Crippen molar-refractivity contribution in [1.29, 1.82) is 0 Å². The van der Waals surface area contributed by atoms with Gasteiger partial charge in [-0.3, -0.25) is 4.79 Å². The van der Waals surface area contributed by atoms with Gasteiger partial charge in [0.1, 0.15) is 5.82 Å². The van der Waals surface area contributed by atoms with E-state index in [1.54, 1.807) is 12.1 Å². The smallest absolute Gasteiger partial charge is 0.252 e. The van der Waals surface area contributed by atoms with Gasteiger partial charge in [-0.2, -0.15) is 0 Å². The Morgan fingerprint density at radius 2 is 2.25 bits per heavy atom. The first-order valence-corrected chi connectivity index (χ1v) is 6.20. The minimum absolute atomic E-state index is 0.210. The van der Waals surface area contributed by atoms with Gasteiger partial charge in [0, 0.05) is 6.54 Å². The van der Waals surface area contributed by atoms with Gasteiger partial charge in [0.05, 0.1) is 10.0 Å². The molecule has 0 aliphatic heterocycles. The summed E-state index contributed by atoms with van der Waals surface area (Å²) in [6.07, 6.45) is 3.62. The van der Waals surface area contributed by atoms with Gasteiger partial charge in [-0.1, -0.05) is 12.5 Å². The molecule has 1 aromatic carbocycles. The van der Waals surface area contributed by atoms with E-state index >= 15 is 0 Å². The summed E-state index contributed by atoms with van der Waals surface area (Å²) in [5.74, 6) is -0.00847. The highest BCUT2D eigenvalue weighted by atomic mass is 79.9. The fraction of sp³-hybridized carbons (Fsp3) is 0.417. The molecule has 86 valence electrons. The van der Waals surface area contributed by atoms with Gasteiger partial charge in [0.2, 0.25) is 0 Å². The Labute approximate surface area is 102 Å². The quantitative estimate of drug-likeness (QED) is 0.908. The van der Waals surface area contributed by atoms with Crippen LogP contribution in [0.1, 0.15) is 29.6 Å². The molecular weight excluding hydrogens is 273 g/mol. The van der Waals surface area contributed by atoms with E-state index in [-0.39, 0.29) is 10.4 Å². The molecule has 0 atom stereocenters. The molecule has 16 heavy (non-hydrogen) atoms. The monoisotopic (exact) mass is 285 g/mol. The molecule has 1 fully saturated rings. The highest BCUT2D eigenvalue weighted by Gasteiger charge is 2.19. The fourth-order valence-electron chi connectivity index (χ4n) is 1.71. The number of hydrogen-bond acceptors (Lipinski definition) is 1. The van der Waals surface area contributed by atoms with Crippen LogP contribution in [-0.4, -0.2) is 12.5 Å². The molecule has 2 nitrogen and oxygen atoms in total. The lowest BCUT2D eigenvalue weighted by Gasteiger charge is -2.25. The number of rotatable bonds is 3. The topological polar surface area (TPSA) is 29.1 Å². The van der Waals surface area contributed by atoms with E-state index in [9.17, 15) is 9.18 Å². The zero-order valence-corrected chi connectivity index (χ0v) is 10.4. The Morgan fingerprint density at radius 1 is 1.50 bits per heavy atom. The first kappa shape index (κ1) is 11.6. The van der Waals surface area contributed by atoms with E-state index in [0.29, 0.717) is 18.0 Å². The Balaban J connectivity index is 1.99. The lowest BCUT2D eigenvalue weighted by Crippen LogP contribution is -2.32. The molecule has 1 aromatic rings. The summed E-state index contributed by atoms with van der Waals surface area (Å²) in [7, 11) is 0. The van der Waals surface area contributed by atoms with Crippen LogP contribution >= 0.6 is 15.9 Å². The number of carbonyl (C=O) groups is 1. The zero-order valence-electron chi connectivity index (χ0n) is 8.80. The van der Waals surface area contributed by atoms with Crippen molar-refractivity contribution >= 4 is 21.8 Å². The van der Waals surface area contributed by atoms with Gasteiger partial charge in [-0.15, -0.1) is 0 Å². The van der Waals surface area contributed by atoms with Crippen molar-refractivity contribution in [2.24, 2.45) is 5.92 Å². The average Bonchev–Trinajstić information content (AvgIpc) is 2.19. The Morgan fingerprint density at radius 3 is 2.88 bits per heavy atom. The summed E-state index contributed by atoms with van der Waals surface area (Å²) >= 11 is 3.08. The second-order valence-electron chi connectivity index (χ2n) is 4.11. The fourth-order valence-corrected chi connectivity index (χ4v) is 2.15. The molecule has 0 spiro atoms. The Hall–Kier alpha value is -0.900. The molecular formula is C12H13BrFNO. The van der Waals surface area contributed by atoms with Crippen LogP contribution in [0.2, 0.25) is 0 Å². The molecule has 0 aromatic heterocycles. The normalized spacial score (nSPS) is 15.6. The number of hydrogen-bond donors (Lipinski definition) is 1. The minimum Gasteiger partial charge on any atom is -0.352 e. The second-order valence-corrected chi connectivity index (χ2v) is 4.90. The van der Waals surface area contributed by atoms with Gasteiger partial charge in [-0.25, -0.2) is 4.39 Å². The second kappa shape index (κ2) is 4.95. The van der Waals surface area contributed by atoms with Gasteiger partial charge in [0.15, 0.2) is 0 Å². The molecule has 2 rings (SSSR count). The van der Waals surface area contributed by atoms with Gasteiger partial charge in [0.25, 0.3) is 5.91 Å². The van der Waals surface area contributed by atoms with Crippen molar-refractivity contribution in [3.8, 4) is 0 Å². The highest BCUT2D eigenvalue weighted by Crippen LogP contribution is 2.25. The molecule has 0 heterocycles. The van der Waals surface area contributed by atoms with Crippen molar-refractivity contribution in [3.63, 3.8) is 0 Å². The molecule has 1 aliphatic rings. The minimum atomic E-state index is -0.406. The zero-order chi connectivity index (χ0) is 11.5. The predicted molar refractivity (Wildman–Crippen MR) is 63.8 cm³/mol. The first-order valence-electron chi connectivity index (χ1n) is 5.40. The number of halogens is 2. The van der Waals surface area contributed by atoms with Crippen molar-refractivity contribution in [2.75, 3.05) is 6.54 Å². The van der Waals surface area contributed by atoms with E-state index in [4.69, 9.17) is 0 Å². The van der Waals surface area contributed by atoms with Crippen LogP contribution in [0.4, 0.5) is 4.39 Å². The molecule has 1 saturated carbocycles. The van der Waals surface area contributed by atoms with Gasteiger partial charge >= 0.3 is 0 Å². The molecule has 1 aliphatic carbocycles. The van der Waals surface area contributed by atoms with Crippen molar-refractivity contribution in [2.45, 2.75) is 19.3 Å². The standard InChI is InChI=1S/C12H13BrFNO/c13-11-9(5-2-6-10(11)14)12(16)15-7-8-3-1-4-8/h2,5-6,8H,1,3-4,7H2,(H,15,16). The molecule has 0 unspecified atom stereocenters. The number of benzene rings is 1. The first-order chi connectivity index (χ1) is 7.68. The third kappa shape index (κ3) is 2.43. The summed E-state index contributed by atoms with van der Waals surface area (Å²) in [5.41, 5.74) is 0.360. The molecule has 0 radical (unpaired) electrons. The lowest BCUT2D eigenvalue weighted by atomic mass is 9.85. The molecule has 4 heteroatoms. The van der Waals surface area contributed by atoms with Crippen molar-refractivity contribution in [1.82, 2.24) is 5.32 Å². The average molecular weight is 286 g/mol. The summed E-state index contributed by atoms with van der Waals surface area (Å²) < 4.78 is 13.4. The maximum Gasteiger partial charge on any atom is 0.252 e. The van der Waals surface area contributed by atoms with Gasteiger partial charge < -0.3 is 5.32 Å². The van der Waals surface area contributed by atoms with Crippen LogP contribution in [0, 0.1) is 11.7 Å². The predicted octanol–water partition coefficient (Wildman–Crippen LogP) is 3.12. The summed E-state index contributed by atoms with van der Waals surface area (Å²) in [4.78, 5) is 11.8. The van der Waals surface area contributed by atoms with Crippen molar-refractivity contribution < 1.29 is 9.18 Å². The maximum absolute atomic E-state index is 13.2. The lowest BCUT2D eigenvalue weighted by molar-refractivity contribution is 0.0938. The summed E-state index contributed by atoms with van der Waals surface area (Å²) in [5, 5.41) is 2.83. The molecule has 1 amide bonds. The summed E-state index contributed by atoms with van der Waals surface area (Å²) in [6, 6.07) is 4.48. The molecule has 1 N–H and O–H groups in total. The summed E-state index contributed by atoms with van der Waals surface area (Å²) in [6.45, 7) is 0.696. The van der Waals surface area contributed by atoms with Crippen LogP contribution in [0.3, 0.4) is 0 Å². The van der Waals surface area contributed by atoms with Crippen LogP contribution in [0.25, 0.3) is 0 Å². The number of nitrogens with one attached hydrogen (secondary N) is 1. The number of carbonyl (C=O) groups excluding carboxylic acids is 1. The van der Waals surface area contributed by atoms with E-state index in [0.717, 1.165) is 0 Å². The SMILES string of the molecule is O=C(NCC1CCC1)c1cccc(F)c1Br. The third-order valence-corrected chi connectivity index (χ3v) is 3.78. The maximum atomic E-state index is 13.2. The molecule has 0 bridgehead atoms. The Bertz CT molecular complexity index is 404. The van der Waals surface area contributed by atoms with E-state index in [1.807, 2.05) is 0 Å². The van der Waals surface area contributed by atoms with Crippen LogP contribution in [0.5, 0.6) is 0 Å². The van der Waals surface area contributed by atoms with Crippen LogP contribution in [0.15, 0.2) is 22.7 Å². The van der Waals surface area contributed by atoms with Crippen LogP contribution < -0.4 is 5.32 Å².